The number of sulfonamides is 1. The van der Waals surface area contributed by atoms with E-state index >= 15 is 0 Å². The second-order valence-corrected chi connectivity index (χ2v) is 9.45. The Bertz CT molecular complexity index is 1110. The van der Waals surface area contributed by atoms with Crippen LogP contribution in [0, 0.1) is 11.6 Å². The smallest absolute Gasteiger partial charge is 0.266 e. The molecule has 2 atom stereocenters. The van der Waals surface area contributed by atoms with Crippen LogP contribution >= 0.6 is 11.5 Å². The van der Waals surface area contributed by atoms with E-state index in [1.54, 1.807) is 0 Å². The quantitative estimate of drug-likeness (QED) is 0.586. The zero-order chi connectivity index (χ0) is 21.1. The Labute approximate surface area is 177 Å². The first-order chi connectivity index (χ1) is 14.4. The Balaban J connectivity index is 1.58. The highest BCUT2D eigenvalue weighted by Gasteiger charge is 2.30. The van der Waals surface area contributed by atoms with Crippen LogP contribution in [0.5, 0.6) is 5.75 Å². The number of hydrogen-bond acceptors (Lipinski definition) is 6. The highest BCUT2D eigenvalue weighted by molar-refractivity contribution is 7.93. The molecule has 0 radical (unpaired) electrons. The molecular weight excluding hydrogens is 432 g/mol. The second-order valence-electron chi connectivity index (χ2n) is 7.02. The number of nitrogens with one attached hydrogen (secondary N) is 1. The molecule has 6 nitrogen and oxygen atoms in total. The van der Waals surface area contributed by atoms with Crippen molar-refractivity contribution in [1.82, 2.24) is 9.36 Å². The standard InChI is InChI=1S/C20H19F2N3O3S2/c21-15-11-19(30(26,27)25-20-23-12-24-29-20)16(22)10-18(15)28-17-9-5-4-8-14(17)13-6-2-1-3-7-13/h1-3,6-7,10-12,14,17H,4-5,8-9H2,(H,23,24,25)/t14-,17+/m0/s1. The molecule has 10 heteroatoms. The monoisotopic (exact) mass is 451 g/mol. The van der Waals surface area contributed by atoms with Crippen LogP contribution in [0.3, 0.4) is 0 Å². The van der Waals surface area contributed by atoms with Crippen LogP contribution in [-0.4, -0.2) is 23.9 Å². The number of benzene rings is 2. The fourth-order valence-electron chi connectivity index (χ4n) is 3.68. The molecule has 1 heterocycles. The van der Waals surface area contributed by atoms with Gasteiger partial charge in [-0.05, 0) is 24.8 Å². The number of nitrogens with zero attached hydrogens (tertiary/aromatic N) is 2. The Hall–Kier alpha value is -2.59. The summed E-state index contributed by atoms with van der Waals surface area (Å²) in [5, 5.41) is -0.0388. The van der Waals surface area contributed by atoms with E-state index in [0.717, 1.165) is 48.8 Å². The lowest BCUT2D eigenvalue weighted by Crippen LogP contribution is -2.29. The minimum absolute atomic E-state index is 0.0388. The Morgan fingerprint density at radius 3 is 2.57 bits per heavy atom. The van der Waals surface area contributed by atoms with Crippen molar-refractivity contribution in [3.63, 3.8) is 0 Å². The summed E-state index contributed by atoms with van der Waals surface area (Å²) in [6.07, 6.45) is 4.39. The lowest BCUT2D eigenvalue weighted by Gasteiger charge is -2.32. The molecule has 0 bridgehead atoms. The van der Waals surface area contributed by atoms with Crippen LogP contribution in [0.2, 0.25) is 0 Å². The normalized spacial score (nSPS) is 19.4. The molecule has 0 aliphatic heterocycles. The van der Waals surface area contributed by atoms with Gasteiger partial charge >= 0.3 is 0 Å². The lowest BCUT2D eigenvalue weighted by atomic mass is 9.81. The number of aromatic nitrogens is 2. The average Bonchev–Trinajstić information content (AvgIpc) is 3.23. The van der Waals surface area contributed by atoms with Gasteiger partial charge in [0, 0.05) is 29.6 Å². The molecular formula is C20H19F2N3O3S2. The van der Waals surface area contributed by atoms with E-state index < -0.39 is 26.6 Å². The molecule has 0 saturated heterocycles. The van der Waals surface area contributed by atoms with Gasteiger partial charge in [0.1, 0.15) is 23.1 Å². The topological polar surface area (TPSA) is 81.2 Å². The van der Waals surface area contributed by atoms with Gasteiger partial charge in [-0.1, -0.05) is 36.8 Å². The van der Waals surface area contributed by atoms with Gasteiger partial charge < -0.3 is 4.74 Å². The molecule has 1 saturated carbocycles. The third kappa shape index (κ3) is 4.44. The van der Waals surface area contributed by atoms with E-state index in [-0.39, 0.29) is 22.9 Å². The number of halogens is 2. The largest absolute Gasteiger partial charge is 0.487 e. The molecule has 4 rings (SSSR count). The summed E-state index contributed by atoms with van der Waals surface area (Å²) < 4.78 is 65.7. The molecule has 1 aliphatic rings. The van der Waals surface area contributed by atoms with Crippen molar-refractivity contribution < 1.29 is 21.9 Å². The van der Waals surface area contributed by atoms with E-state index in [9.17, 15) is 17.2 Å². The zero-order valence-electron chi connectivity index (χ0n) is 15.8. The van der Waals surface area contributed by atoms with E-state index in [1.807, 2.05) is 30.3 Å². The minimum Gasteiger partial charge on any atom is -0.487 e. The highest BCUT2D eigenvalue weighted by atomic mass is 32.2. The summed E-state index contributed by atoms with van der Waals surface area (Å²) in [6.45, 7) is 0. The fourth-order valence-corrected chi connectivity index (χ4v) is 5.41. The van der Waals surface area contributed by atoms with E-state index in [2.05, 4.69) is 14.1 Å². The van der Waals surface area contributed by atoms with Gasteiger partial charge in [0.2, 0.25) is 5.13 Å². The summed E-state index contributed by atoms with van der Waals surface area (Å²) in [4.78, 5) is 2.87. The molecule has 1 aromatic heterocycles. The van der Waals surface area contributed by atoms with E-state index in [0.29, 0.717) is 12.5 Å². The third-order valence-corrected chi connectivity index (χ3v) is 7.13. The fraction of sp³-hybridized carbons (Fsp3) is 0.300. The van der Waals surface area contributed by atoms with Gasteiger partial charge in [-0.2, -0.15) is 4.37 Å². The number of ether oxygens (including phenoxy) is 1. The molecule has 2 aromatic carbocycles. The lowest BCUT2D eigenvalue weighted by molar-refractivity contribution is 0.124. The van der Waals surface area contributed by atoms with Gasteiger partial charge in [-0.15, -0.1) is 0 Å². The maximum atomic E-state index is 14.7. The maximum Gasteiger partial charge on any atom is 0.266 e. The van der Waals surface area contributed by atoms with Crippen molar-refractivity contribution in [3.05, 3.63) is 66.0 Å². The number of anilines is 1. The molecule has 1 aliphatic carbocycles. The third-order valence-electron chi connectivity index (χ3n) is 5.07. The van der Waals surface area contributed by atoms with Gasteiger partial charge in [-0.3, -0.25) is 4.72 Å². The van der Waals surface area contributed by atoms with Crippen LogP contribution < -0.4 is 9.46 Å². The molecule has 0 unspecified atom stereocenters. The first-order valence-corrected chi connectivity index (χ1v) is 11.7. The van der Waals surface area contributed by atoms with Crippen molar-refractivity contribution in [1.29, 1.82) is 0 Å². The van der Waals surface area contributed by atoms with Crippen LogP contribution in [0.1, 0.15) is 37.2 Å². The molecule has 0 amide bonds. The summed E-state index contributed by atoms with van der Waals surface area (Å²) in [5.74, 6) is -2.28. The molecule has 158 valence electrons. The van der Waals surface area contributed by atoms with Crippen molar-refractivity contribution in [3.8, 4) is 5.75 Å². The van der Waals surface area contributed by atoms with Gasteiger partial charge in [0.15, 0.2) is 11.6 Å². The molecule has 1 fully saturated rings. The second kappa shape index (κ2) is 8.65. The summed E-state index contributed by atoms with van der Waals surface area (Å²) in [6, 6.07) is 11.2. The maximum absolute atomic E-state index is 14.7. The summed E-state index contributed by atoms with van der Waals surface area (Å²) in [5.41, 5.74) is 1.09. The number of rotatable bonds is 6. The Kier molecular flexibility index (Phi) is 5.96. The van der Waals surface area contributed by atoms with Crippen LogP contribution in [0.25, 0.3) is 0 Å². The summed E-state index contributed by atoms with van der Waals surface area (Å²) >= 11 is 0.787. The first-order valence-electron chi connectivity index (χ1n) is 9.44. The SMILES string of the molecule is O=S(=O)(Nc1ncns1)c1cc(F)c(O[C@@H]2CCCC[C@H]2c2ccccc2)cc1F. The zero-order valence-corrected chi connectivity index (χ0v) is 17.4. The summed E-state index contributed by atoms with van der Waals surface area (Å²) in [7, 11) is -4.35. The predicted molar refractivity (Wildman–Crippen MR) is 109 cm³/mol. The molecule has 1 N–H and O–H groups in total. The molecule has 0 spiro atoms. The predicted octanol–water partition coefficient (Wildman–Crippen LogP) is 4.72. The Morgan fingerprint density at radius 2 is 1.83 bits per heavy atom. The van der Waals surface area contributed by atoms with Crippen LogP contribution in [-0.2, 0) is 10.0 Å². The van der Waals surface area contributed by atoms with Crippen LogP contribution in [0.15, 0.2) is 53.7 Å². The first kappa shape index (κ1) is 20.7. The van der Waals surface area contributed by atoms with Gasteiger partial charge in [-0.25, -0.2) is 22.2 Å². The van der Waals surface area contributed by atoms with Gasteiger partial charge in [0.25, 0.3) is 10.0 Å². The van der Waals surface area contributed by atoms with Crippen molar-refractivity contribution in [2.75, 3.05) is 4.72 Å². The van der Waals surface area contributed by atoms with E-state index in [1.165, 1.54) is 0 Å². The minimum atomic E-state index is -4.35. The molecule has 30 heavy (non-hydrogen) atoms. The molecule has 3 aromatic rings. The van der Waals surface area contributed by atoms with Gasteiger partial charge in [0.05, 0.1) is 0 Å². The number of hydrogen-bond donors (Lipinski definition) is 1. The van der Waals surface area contributed by atoms with Crippen molar-refractivity contribution in [2.45, 2.75) is 42.6 Å². The Morgan fingerprint density at radius 1 is 1.07 bits per heavy atom. The van der Waals surface area contributed by atoms with E-state index in [4.69, 9.17) is 4.74 Å². The van der Waals surface area contributed by atoms with Crippen LogP contribution in [0.4, 0.5) is 13.9 Å². The average molecular weight is 452 g/mol. The van der Waals surface area contributed by atoms with Crippen molar-refractivity contribution >= 4 is 26.7 Å². The highest BCUT2D eigenvalue weighted by Crippen LogP contribution is 2.37. The van der Waals surface area contributed by atoms with Crippen molar-refractivity contribution in [2.24, 2.45) is 0 Å².